The van der Waals surface area contributed by atoms with Crippen LogP contribution in [-0.2, 0) is 0 Å². The molecule has 0 unspecified atom stereocenters. The smallest absolute Gasteiger partial charge is 0.225 e. The fourth-order valence-electron chi connectivity index (χ4n) is 2.20. The summed E-state index contributed by atoms with van der Waals surface area (Å²) in [4.78, 5) is 18.1. The number of nitrogens with one attached hydrogen (secondary N) is 4. The van der Waals surface area contributed by atoms with Gasteiger partial charge in [0.25, 0.3) is 0 Å². The molecule has 0 aromatic carbocycles. The summed E-state index contributed by atoms with van der Waals surface area (Å²) in [6, 6.07) is 0. The highest BCUT2D eigenvalue weighted by Crippen LogP contribution is 2.27. The third-order valence-electron chi connectivity index (χ3n) is 3.25. The number of hydrogen-bond donors (Lipinski definition) is 5. The predicted molar refractivity (Wildman–Crippen MR) is 110 cm³/mol. The second kappa shape index (κ2) is 9.54. The molecule has 5 N–H and O–H groups in total. The Labute approximate surface area is 160 Å². The van der Waals surface area contributed by atoms with Gasteiger partial charge < -0.3 is 26.4 Å². The summed E-state index contributed by atoms with van der Waals surface area (Å²) in [5, 5.41) is 22.7. The topological polar surface area (TPSA) is 120 Å². The summed E-state index contributed by atoms with van der Waals surface area (Å²) in [7, 11) is 0. The van der Waals surface area contributed by atoms with E-state index < -0.39 is 5.60 Å². The van der Waals surface area contributed by atoms with Gasteiger partial charge in [-0.25, -0.2) is 9.97 Å². The molecule has 2 heterocycles. The van der Waals surface area contributed by atoms with Crippen LogP contribution in [0.1, 0.15) is 34.6 Å². The van der Waals surface area contributed by atoms with Crippen LogP contribution in [0.3, 0.4) is 0 Å². The Morgan fingerprint density at radius 3 is 1.54 bits per heavy atom. The fraction of sp³-hybridized carbons (Fsp3) is 0.625. The zero-order chi connectivity index (χ0) is 18.4. The van der Waals surface area contributed by atoms with E-state index in [9.17, 15) is 5.11 Å². The SMILES string of the molecule is CCNc1nc(NCC(C)(C)O)c2nc(NCC)nc(NCC)c2n1.Cl. The van der Waals surface area contributed by atoms with Gasteiger partial charge >= 0.3 is 0 Å². The van der Waals surface area contributed by atoms with Crippen molar-refractivity contribution in [1.82, 2.24) is 19.9 Å². The predicted octanol–water partition coefficient (Wildman–Crippen LogP) is 2.32. The molecule has 2 aromatic rings. The van der Waals surface area contributed by atoms with E-state index in [1.165, 1.54) is 0 Å². The number of rotatable bonds is 9. The Morgan fingerprint density at radius 2 is 1.15 bits per heavy atom. The number of fused-ring (bicyclic) bond motifs is 1. The molecule has 0 aliphatic heterocycles. The van der Waals surface area contributed by atoms with E-state index in [1.54, 1.807) is 13.8 Å². The van der Waals surface area contributed by atoms with Gasteiger partial charge in [0.2, 0.25) is 11.9 Å². The molecule has 0 saturated heterocycles. The van der Waals surface area contributed by atoms with Crippen molar-refractivity contribution in [2.45, 2.75) is 40.2 Å². The number of halogens is 1. The van der Waals surface area contributed by atoms with Gasteiger partial charge in [-0.05, 0) is 34.6 Å². The van der Waals surface area contributed by atoms with E-state index in [4.69, 9.17) is 0 Å². The lowest BCUT2D eigenvalue weighted by molar-refractivity contribution is 0.0944. The molecular formula is C16H29ClN8O. The van der Waals surface area contributed by atoms with E-state index >= 15 is 0 Å². The average molecular weight is 385 g/mol. The summed E-state index contributed by atoms with van der Waals surface area (Å²) in [5.74, 6) is 2.21. The lowest BCUT2D eigenvalue weighted by atomic mass is 10.1. The van der Waals surface area contributed by atoms with E-state index in [-0.39, 0.29) is 12.4 Å². The minimum atomic E-state index is -0.877. The van der Waals surface area contributed by atoms with Crippen LogP contribution in [0.2, 0.25) is 0 Å². The standard InChI is InChI=1S/C16H28N8O.ClH/c1-6-17-12-10-11(22-14(23-12)18-7-2)13(20-9-16(4,5)25)24-15(21-10)19-8-3;/h25H,6-9H2,1-5H3,(H2,17,18,22,23)(H2,19,20,21,24);1H. The molecule has 0 fully saturated rings. The quantitative estimate of drug-likeness (QED) is 0.443. The molecule has 2 aromatic heterocycles. The van der Waals surface area contributed by atoms with Gasteiger partial charge in [0.05, 0.1) is 5.60 Å². The molecule has 0 aliphatic rings. The van der Waals surface area contributed by atoms with Crippen LogP contribution >= 0.6 is 12.4 Å². The van der Waals surface area contributed by atoms with Crippen LogP contribution in [0.5, 0.6) is 0 Å². The van der Waals surface area contributed by atoms with Gasteiger partial charge in [0, 0.05) is 26.2 Å². The first-order valence-electron chi connectivity index (χ1n) is 8.65. The average Bonchev–Trinajstić information content (AvgIpc) is 2.53. The molecule has 2 rings (SSSR count). The van der Waals surface area contributed by atoms with Crippen molar-refractivity contribution in [3.05, 3.63) is 0 Å². The third-order valence-corrected chi connectivity index (χ3v) is 3.25. The number of nitrogens with zero attached hydrogens (tertiary/aromatic N) is 4. The van der Waals surface area contributed by atoms with E-state index in [1.807, 2.05) is 20.8 Å². The van der Waals surface area contributed by atoms with Crippen molar-refractivity contribution in [3.63, 3.8) is 0 Å². The monoisotopic (exact) mass is 384 g/mol. The molecule has 0 atom stereocenters. The van der Waals surface area contributed by atoms with Crippen LogP contribution in [0.4, 0.5) is 23.5 Å². The van der Waals surface area contributed by atoms with Crippen LogP contribution in [0.25, 0.3) is 11.0 Å². The first kappa shape index (κ1) is 21.9. The Balaban J connectivity index is 0.00000338. The summed E-state index contributed by atoms with van der Waals surface area (Å²) in [6.07, 6.45) is 0. The third kappa shape index (κ3) is 5.70. The second-order valence-electron chi connectivity index (χ2n) is 6.25. The zero-order valence-electron chi connectivity index (χ0n) is 16.0. The van der Waals surface area contributed by atoms with Crippen LogP contribution < -0.4 is 21.3 Å². The molecule has 146 valence electrons. The van der Waals surface area contributed by atoms with Crippen molar-refractivity contribution < 1.29 is 5.11 Å². The number of aliphatic hydroxyl groups is 1. The van der Waals surface area contributed by atoms with Crippen molar-refractivity contribution in [2.75, 3.05) is 47.4 Å². The Bertz CT molecular complexity index is 719. The van der Waals surface area contributed by atoms with Gasteiger partial charge in [-0.15, -0.1) is 12.4 Å². The zero-order valence-corrected chi connectivity index (χ0v) is 16.8. The van der Waals surface area contributed by atoms with Gasteiger partial charge in [-0.2, -0.15) is 9.97 Å². The van der Waals surface area contributed by atoms with E-state index in [2.05, 4.69) is 41.2 Å². The van der Waals surface area contributed by atoms with Crippen LogP contribution in [0.15, 0.2) is 0 Å². The normalized spacial score (nSPS) is 11.0. The summed E-state index contributed by atoms with van der Waals surface area (Å²) >= 11 is 0. The van der Waals surface area contributed by atoms with Gasteiger partial charge in [-0.1, -0.05) is 0 Å². The van der Waals surface area contributed by atoms with Crippen LogP contribution in [-0.4, -0.2) is 56.8 Å². The lowest BCUT2D eigenvalue weighted by Gasteiger charge is -2.19. The largest absolute Gasteiger partial charge is 0.389 e. The van der Waals surface area contributed by atoms with Gasteiger partial charge in [0.1, 0.15) is 11.0 Å². The highest BCUT2D eigenvalue weighted by atomic mass is 35.5. The molecule has 9 nitrogen and oxygen atoms in total. The number of hydrogen-bond acceptors (Lipinski definition) is 9. The molecule has 0 radical (unpaired) electrons. The molecule has 0 amide bonds. The van der Waals surface area contributed by atoms with Crippen LogP contribution in [0, 0.1) is 0 Å². The molecule has 0 saturated carbocycles. The lowest BCUT2D eigenvalue weighted by Crippen LogP contribution is -2.30. The second-order valence-corrected chi connectivity index (χ2v) is 6.25. The Kier molecular flexibility index (Phi) is 8.04. The van der Waals surface area contributed by atoms with E-state index in [0.29, 0.717) is 60.7 Å². The molecule has 10 heteroatoms. The molecular weight excluding hydrogens is 356 g/mol. The number of aromatic nitrogens is 4. The molecule has 0 bridgehead atoms. The van der Waals surface area contributed by atoms with Crippen molar-refractivity contribution in [1.29, 1.82) is 0 Å². The highest BCUT2D eigenvalue weighted by molar-refractivity contribution is 5.94. The minimum Gasteiger partial charge on any atom is -0.389 e. The van der Waals surface area contributed by atoms with Crippen molar-refractivity contribution >= 4 is 47.0 Å². The Morgan fingerprint density at radius 1 is 0.731 bits per heavy atom. The van der Waals surface area contributed by atoms with Crippen molar-refractivity contribution in [2.24, 2.45) is 0 Å². The molecule has 0 aliphatic carbocycles. The Hall–Kier alpha value is -2.13. The first-order chi connectivity index (χ1) is 11.9. The van der Waals surface area contributed by atoms with Gasteiger partial charge in [-0.3, -0.25) is 0 Å². The highest BCUT2D eigenvalue weighted by Gasteiger charge is 2.18. The summed E-state index contributed by atoms with van der Waals surface area (Å²) < 4.78 is 0. The maximum absolute atomic E-state index is 10.0. The van der Waals surface area contributed by atoms with Crippen molar-refractivity contribution in [3.8, 4) is 0 Å². The first-order valence-corrected chi connectivity index (χ1v) is 8.65. The summed E-state index contributed by atoms with van der Waals surface area (Å²) in [5.41, 5.74) is 0.359. The minimum absolute atomic E-state index is 0. The van der Waals surface area contributed by atoms with E-state index in [0.717, 1.165) is 0 Å². The maximum atomic E-state index is 10.0. The molecule has 26 heavy (non-hydrogen) atoms. The maximum Gasteiger partial charge on any atom is 0.225 e. The number of anilines is 4. The molecule has 0 spiro atoms. The summed E-state index contributed by atoms with van der Waals surface area (Å²) in [6.45, 7) is 11.9. The fourth-order valence-corrected chi connectivity index (χ4v) is 2.20. The van der Waals surface area contributed by atoms with Gasteiger partial charge in [0.15, 0.2) is 11.6 Å².